The summed E-state index contributed by atoms with van der Waals surface area (Å²) in [4.78, 5) is 11.9. The van der Waals surface area contributed by atoms with E-state index < -0.39 is 11.7 Å². The van der Waals surface area contributed by atoms with Gasteiger partial charge in [0.25, 0.3) is 5.91 Å². The van der Waals surface area contributed by atoms with Gasteiger partial charge < -0.3 is 5.73 Å². The second kappa shape index (κ2) is 6.09. The molecule has 1 heterocycles. The Labute approximate surface area is 143 Å². The van der Waals surface area contributed by atoms with Crippen LogP contribution in [0.25, 0.3) is 22.4 Å². The zero-order chi connectivity index (χ0) is 17.4. The molecule has 4 nitrogen and oxygen atoms in total. The Bertz CT molecular complexity index is 949. The van der Waals surface area contributed by atoms with Crippen molar-refractivity contribution in [2.75, 3.05) is 0 Å². The molecule has 0 radical (unpaired) electrons. The molecular weight excluding hydrogens is 329 g/mol. The van der Waals surface area contributed by atoms with E-state index in [9.17, 15) is 9.18 Å². The Hall–Kier alpha value is -2.66. The molecule has 2 aromatic carbocycles. The molecule has 0 bridgehead atoms. The van der Waals surface area contributed by atoms with Crippen LogP contribution in [0.4, 0.5) is 4.39 Å². The SMILES string of the molecule is Cc1nn(C)c(-c2ccc(F)cc2-c2ccccc2Cl)c1C(N)=O. The number of primary amides is 1. The maximum atomic E-state index is 13.9. The fraction of sp³-hybridized carbons (Fsp3) is 0.111. The summed E-state index contributed by atoms with van der Waals surface area (Å²) in [5.74, 6) is -0.974. The van der Waals surface area contributed by atoms with Crippen LogP contribution in [0.3, 0.4) is 0 Å². The van der Waals surface area contributed by atoms with Crippen LogP contribution in [0.2, 0.25) is 5.02 Å². The molecule has 1 amide bonds. The number of hydrogen-bond donors (Lipinski definition) is 1. The number of carbonyl (C=O) groups is 1. The van der Waals surface area contributed by atoms with Gasteiger partial charge in [-0.2, -0.15) is 5.10 Å². The van der Waals surface area contributed by atoms with Gasteiger partial charge in [0.1, 0.15) is 5.82 Å². The molecule has 3 rings (SSSR count). The Morgan fingerprint density at radius 1 is 1.17 bits per heavy atom. The van der Waals surface area contributed by atoms with Gasteiger partial charge in [-0.3, -0.25) is 9.48 Å². The minimum atomic E-state index is -0.579. The third kappa shape index (κ3) is 2.67. The normalized spacial score (nSPS) is 10.8. The summed E-state index contributed by atoms with van der Waals surface area (Å²) in [7, 11) is 1.72. The van der Waals surface area contributed by atoms with Crippen molar-refractivity contribution in [3.8, 4) is 22.4 Å². The molecule has 24 heavy (non-hydrogen) atoms. The number of nitrogens with two attached hydrogens (primary N) is 1. The van der Waals surface area contributed by atoms with Gasteiger partial charge in [0.15, 0.2) is 0 Å². The quantitative estimate of drug-likeness (QED) is 0.782. The fourth-order valence-corrected chi connectivity index (χ4v) is 3.13. The summed E-state index contributed by atoms with van der Waals surface area (Å²) < 4.78 is 15.5. The van der Waals surface area contributed by atoms with Crippen molar-refractivity contribution in [2.45, 2.75) is 6.92 Å². The number of rotatable bonds is 3. The molecule has 6 heteroatoms. The average Bonchev–Trinajstić information content (AvgIpc) is 2.82. The van der Waals surface area contributed by atoms with E-state index in [2.05, 4.69) is 5.10 Å². The van der Waals surface area contributed by atoms with E-state index in [4.69, 9.17) is 17.3 Å². The molecule has 0 saturated heterocycles. The fourth-order valence-electron chi connectivity index (χ4n) is 2.89. The summed E-state index contributed by atoms with van der Waals surface area (Å²) in [6.07, 6.45) is 0. The van der Waals surface area contributed by atoms with E-state index in [0.29, 0.717) is 38.7 Å². The molecule has 3 aromatic rings. The highest BCUT2D eigenvalue weighted by Gasteiger charge is 2.22. The third-order valence-corrected chi connectivity index (χ3v) is 4.20. The maximum Gasteiger partial charge on any atom is 0.252 e. The topological polar surface area (TPSA) is 60.9 Å². The van der Waals surface area contributed by atoms with Crippen LogP contribution in [0.5, 0.6) is 0 Å². The predicted octanol–water partition coefficient (Wildman–Crippen LogP) is 3.95. The van der Waals surface area contributed by atoms with Crippen LogP contribution < -0.4 is 5.73 Å². The lowest BCUT2D eigenvalue weighted by molar-refractivity contribution is 0.100. The van der Waals surface area contributed by atoms with E-state index in [-0.39, 0.29) is 0 Å². The molecule has 0 saturated carbocycles. The van der Waals surface area contributed by atoms with Crippen LogP contribution in [0.1, 0.15) is 16.1 Å². The monoisotopic (exact) mass is 343 g/mol. The van der Waals surface area contributed by atoms with Crippen LogP contribution in [-0.4, -0.2) is 15.7 Å². The number of nitrogens with zero attached hydrogens (tertiary/aromatic N) is 2. The molecule has 0 fully saturated rings. The standard InChI is InChI=1S/C18H15ClFN3O/c1-10-16(18(21)24)17(23(2)22-10)13-8-7-11(20)9-14(13)12-5-3-4-6-15(12)19/h3-9H,1-2H3,(H2,21,24). The molecule has 0 unspecified atom stereocenters. The maximum absolute atomic E-state index is 13.9. The number of benzene rings is 2. The van der Waals surface area contributed by atoms with Gasteiger partial charge >= 0.3 is 0 Å². The highest BCUT2D eigenvalue weighted by molar-refractivity contribution is 6.33. The molecule has 0 aliphatic heterocycles. The first kappa shape index (κ1) is 16.2. The van der Waals surface area contributed by atoms with Crippen molar-refractivity contribution in [1.29, 1.82) is 0 Å². The van der Waals surface area contributed by atoms with Gasteiger partial charge in [-0.15, -0.1) is 0 Å². The lowest BCUT2D eigenvalue weighted by atomic mass is 9.95. The van der Waals surface area contributed by atoms with Gasteiger partial charge in [0.2, 0.25) is 0 Å². The minimum absolute atomic E-state index is 0.317. The van der Waals surface area contributed by atoms with Crippen molar-refractivity contribution in [2.24, 2.45) is 12.8 Å². The first-order valence-corrected chi connectivity index (χ1v) is 7.66. The molecule has 0 spiro atoms. The van der Waals surface area contributed by atoms with Gasteiger partial charge in [0, 0.05) is 23.2 Å². The van der Waals surface area contributed by atoms with Gasteiger partial charge in [-0.25, -0.2) is 4.39 Å². The smallest absolute Gasteiger partial charge is 0.252 e. The van der Waals surface area contributed by atoms with E-state index in [1.807, 2.05) is 6.07 Å². The number of halogens is 2. The molecule has 0 atom stereocenters. The zero-order valence-electron chi connectivity index (χ0n) is 13.2. The van der Waals surface area contributed by atoms with Crippen LogP contribution in [0, 0.1) is 12.7 Å². The zero-order valence-corrected chi connectivity index (χ0v) is 13.9. The number of amides is 1. The summed E-state index contributed by atoms with van der Waals surface area (Å²) >= 11 is 6.28. The van der Waals surface area contributed by atoms with Crippen molar-refractivity contribution >= 4 is 17.5 Å². The number of carbonyl (C=O) groups excluding carboxylic acids is 1. The largest absolute Gasteiger partial charge is 0.365 e. The molecule has 0 aliphatic rings. The predicted molar refractivity (Wildman–Crippen MR) is 92.3 cm³/mol. The molecule has 1 aromatic heterocycles. The van der Waals surface area contributed by atoms with Gasteiger partial charge in [-0.1, -0.05) is 29.8 Å². The van der Waals surface area contributed by atoms with E-state index in [1.165, 1.54) is 12.1 Å². The Morgan fingerprint density at radius 3 is 2.54 bits per heavy atom. The molecular formula is C18H15ClFN3O. The molecule has 0 aliphatic carbocycles. The van der Waals surface area contributed by atoms with Crippen molar-refractivity contribution in [3.05, 3.63) is 64.6 Å². The minimum Gasteiger partial charge on any atom is -0.365 e. The number of aryl methyl sites for hydroxylation is 2. The second-order valence-corrected chi connectivity index (χ2v) is 5.87. The average molecular weight is 344 g/mol. The van der Waals surface area contributed by atoms with Crippen molar-refractivity contribution in [1.82, 2.24) is 9.78 Å². The summed E-state index contributed by atoms with van der Waals surface area (Å²) in [6, 6.07) is 11.5. The lowest BCUT2D eigenvalue weighted by Crippen LogP contribution is -2.13. The van der Waals surface area contributed by atoms with Crippen molar-refractivity contribution in [3.63, 3.8) is 0 Å². The van der Waals surface area contributed by atoms with E-state index >= 15 is 0 Å². The highest BCUT2D eigenvalue weighted by atomic mass is 35.5. The Balaban J connectivity index is 2.36. The van der Waals surface area contributed by atoms with Crippen LogP contribution >= 0.6 is 11.6 Å². The summed E-state index contributed by atoms with van der Waals surface area (Å²) in [5.41, 5.74) is 8.78. The molecule has 122 valence electrons. The second-order valence-electron chi connectivity index (χ2n) is 5.47. The molecule has 2 N–H and O–H groups in total. The van der Waals surface area contributed by atoms with Gasteiger partial charge in [0.05, 0.1) is 17.0 Å². The first-order valence-electron chi connectivity index (χ1n) is 7.28. The van der Waals surface area contributed by atoms with Crippen LogP contribution in [-0.2, 0) is 7.05 Å². The van der Waals surface area contributed by atoms with Gasteiger partial charge in [-0.05, 0) is 36.8 Å². The summed E-state index contributed by atoms with van der Waals surface area (Å²) in [5, 5.41) is 4.77. The van der Waals surface area contributed by atoms with Crippen LogP contribution in [0.15, 0.2) is 42.5 Å². The highest BCUT2D eigenvalue weighted by Crippen LogP contribution is 2.38. The Morgan fingerprint density at radius 2 is 1.88 bits per heavy atom. The lowest BCUT2D eigenvalue weighted by Gasteiger charge is -2.13. The number of hydrogen-bond acceptors (Lipinski definition) is 2. The first-order chi connectivity index (χ1) is 11.4. The van der Waals surface area contributed by atoms with E-state index in [1.54, 1.807) is 42.9 Å². The van der Waals surface area contributed by atoms with Crippen molar-refractivity contribution < 1.29 is 9.18 Å². The Kier molecular flexibility index (Phi) is 4.11. The van der Waals surface area contributed by atoms with E-state index in [0.717, 1.165) is 0 Å². The number of aromatic nitrogens is 2. The third-order valence-electron chi connectivity index (χ3n) is 3.87. The summed E-state index contributed by atoms with van der Waals surface area (Å²) in [6.45, 7) is 1.71.